The van der Waals surface area contributed by atoms with Crippen LogP contribution in [-0.2, 0) is 10.3 Å². The lowest BCUT2D eigenvalue weighted by Gasteiger charge is -2.40. The summed E-state index contributed by atoms with van der Waals surface area (Å²) in [7, 11) is 1.23. The summed E-state index contributed by atoms with van der Waals surface area (Å²) >= 11 is 0. The number of alkyl halides is 3. The Morgan fingerprint density at radius 3 is 2.55 bits per heavy atom. The Balaban J connectivity index is 1.90. The molecule has 4 rings (SSSR count). The van der Waals surface area contributed by atoms with Crippen LogP contribution in [0.25, 0.3) is 22.4 Å². The number of fused-ring (bicyclic) bond motifs is 1. The molecule has 0 radical (unpaired) electrons. The van der Waals surface area contributed by atoms with E-state index in [9.17, 15) is 32.6 Å². The first-order chi connectivity index (χ1) is 15.4. The van der Waals surface area contributed by atoms with E-state index in [-0.39, 0.29) is 35.9 Å². The smallest absolute Gasteiger partial charge is 0.405 e. The highest BCUT2D eigenvalue weighted by Gasteiger charge is 2.40. The molecule has 8 nitrogen and oxygen atoms in total. The molecule has 33 heavy (non-hydrogen) atoms. The standard InChI is InChI=1S/C21H19F4N3O5/c1-20(8-33-9-20)28-13-5-10(19(31)26-7-21(23,24)25)3-4-12(13)27-18(28)11-6-14(32-2)16(29)17(30)15(11)22/h3-6,29-30H,7-9H2,1-2H3,(H,26,31). The Morgan fingerprint density at radius 2 is 1.97 bits per heavy atom. The van der Waals surface area contributed by atoms with Crippen LogP contribution in [0, 0.1) is 5.82 Å². The average Bonchev–Trinajstić information content (AvgIpc) is 3.12. The quantitative estimate of drug-likeness (QED) is 0.391. The number of phenols is 2. The van der Waals surface area contributed by atoms with Crippen molar-refractivity contribution in [3.8, 4) is 28.6 Å². The van der Waals surface area contributed by atoms with Crippen molar-refractivity contribution in [2.45, 2.75) is 18.6 Å². The molecule has 2 aromatic carbocycles. The van der Waals surface area contributed by atoms with Crippen LogP contribution in [0.2, 0.25) is 0 Å². The van der Waals surface area contributed by atoms with Crippen LogP contribution in [0.5, 0.6) is 17.2 Å². The Morgan fingerprint density at radius 1 is 1.27 bits per heavy atom. The van der Waals surface area contributed by atoms with E-state index < -0.39 is 41.5 Å². The van der Waals surface area contributed by atoms with E-state index in [0.717, 1.165) is 0 Å². The first kappa shape index (κ1) is 22.6. The fourth-order valence-corrected chi connectivity index (χ4v) is 3.68. The van der Waals surface area contributed by atoms with Crippen molar-refractivity contribution in [1.29, 1.82) is 0 Å². The van der Waals surface area contributed by atoms with Gasteiger partial charge in [0.15, 0.2) is 17.3 Å². The lowest BCUT2D eigenvalue weighted by molar-refractivity contribution is -0.123. The molecule has 0 atom stereocenters. The van der Waals surface area contributed by atoms with Gasteiger partial charge in [-0.3, -0.25) is 4.79 Å². The van der Waals surface area contributed by atoms with Gasteiger partial charge in [-0.05, 0) is 31.2 Å². The van der Waals surface area contributed by atoms with E-state index >= 15 is 0 Å². The Hall–Kier alpha value is -3.54. The van der Waals surface area contributed by atoms with Gasteiger partial charge in [-0.2, -0.15) is 13.2 Å². The predicted octanol–water partition coefficient (Wildman–Crippen LogP) is 3.30. The maximum Gasteiger partial charge on any atom is 0.405 e. The normalized spacial score (nSPS) is 15.3. The zero-order valence-corrected chi connectivity index (χ0v) is 17.5. The highest BCUT2D eigenvalue weighted by atomic mass is 19.4. The summed E-state index contributed by atoms with van der Waals surface area (Å²) in [5, 5.41) is 21.7. The number of ether oxygens (including phenoxy) is 2. The number of hydrogen-bond acceptors (Lipinski definition) is 6. The van der Waals surface area contributed by atoms with Gasteiger partial charge in [0.1, 0.15) is 12.4 Å². The second-order valence-corrected chi connectivity index (χ2v) is 7.90. The van der Waals surface area contributed by atoms with Crippen LogP contribution in [0.15, 0.2) is 24.3 Å². The number of hydrogen-bond donors (Lipinski definition) is 3. The fraction of sp³-hybridized carbons (Fsp3) is 0.333. The summed E-state index contributed by atoms with van der Waals surface area (Å²) in [5.41, 5.74) is -0.277. The van der Waals surface area contributed by atoms with E-state index in [1.54, 1.807) is 11.5 Å². The molecule has 1 fully saturated rings. The highest BCUT2D eigenvalue weighted by Crippen LogP contribution is 2.44. The third kappa shape index (κ3) is 3.90. The number of nitrogens with zero attached hydrogens (tertiary/aromatic N) is 2. The van der Waals surface area contributed by atoms with Crippen molar-refractivity contribution < 1.29 is 42.0 Å². The Kier molecular flexibility index (Phi) is 5.35. The number of carbonyl (C=O) groups excluding carboxylic acids is 1. The van der Waals surface area contributed by atoms with Crippen molar-refractivity contribution >= 4 is 16.9 Å². The summed E-state index contributed by atoms with van der Waals surface area (Å²) in [6.45, 7) is 0.752. The van der Waals surface area contributed by atoms with Gasteiger partial charge in [-0.1, -0.05) is 0 Å². The highest BCUT2D eigenvalue weighted by molar-refractivity contribution is 5.98. The topological polar surface area (TPSA) is 106 Å². The summed E-state index contributed by atoms with van der Waals surface area (Å²) in [6.07, 6.45) is -4.57. The molecule has 0 aliphatic carbocycles. The van der Waals surface area contributed by atoms with Gasteiger partial charge in [-0.25, -0.2) is 9.37 Å². The van der Waals surface area contributed by atoms with Crippen molar-refractivity contribution in [1.82, 2.24) is 14.9 Å². The molecule has 0 spiro atoms. The van der Waals surface area contributed by atoms with Crippen LogP contribution in [0.3, 0.4) is 0 Å². The number of aromatic nitrogens is 2. The predicted molar refractivity (Wildman–Crippen MR) is 108 cm³/mol. The van der Waals surface area contributed by atoms with Crippen molar-refractivity contribution in [2.75, 3.05) is 26.9 Å². The number of benzene rings is 2. The van der Waals surface area contributed by atoms with Gasteiger partial charge in [0.05, 0.1) is 42.5 Å². The Labute approximate surface area is 184 Å². The maximum atomic E-state index is 15.0. The zero-order valence-electron chi connectivity index (χ0n) is 17.5. The van der Waals surface area contributed by atoms with E-state index in [2.05, 4.69) is 4.98 Å². The minimum absolute atomic E-state index is 0.0464. The fourth-order valence-electron chi connectivity index (χ4n) is 3.68. The molecular formula is C21H19F4N3O5. The van der Waals surface area contributed by atoms with Gasteiger partial charge in [0, 0.05) is 5.56 Å². The first-order valence-electron chi connectivity index (χ1n) is 9.69. The number of amides is 1. The molecular weight excluding hydrogens is 450 g/mol. The molecule has 1 aromatic heterocycles. The average molecular weight is 469 g/mol. The van der Waals surface area contributed by atoms with Crippen molar-refractivity contribution in [2.24, 2.45) is 0 Å². The molecule has 3 N–H and O–H groups in total. The van der Waals surface area contributed by atoms with Crippen LogP contribution < -0.4 is 10.1 Å². The zero-order chi connectivity index (χ0) is 24.1. The summed E-state index contributed by atoms with van der Waals surface area (Å²) in [6, 6.07) is 5.26. The molecule has 2 heterocycles. The third-order valence-corrected chi connectivity index (χ3v) is 5.37. The van der Waals surface area contributed by atoms with Gasteiger partial charge in [-0.15, -0.1) is 0 Å². The monoisotopic (exact) mass is 469 g/mol. The number of phenolic OH excluding ortho intramolecular Hbond substituents is 2. The number of halogens is 4. The second-order valence-electron chi connectivity index (χ2n) is 7.90. The Bertz CT molecular complexity index is 1250. The van der Waals surface area contributed by atoms with Crippen LogP contribution >= 0.6 is 0 Å². The number of aromatic hydroxyl groups is 2. The molecule has 176 valence electrons. The van der Waals surface area contributed by atoms with Gasteiger partial charge in [0.2, 0.25) is 5.75 Å². The summed E-state index contributed by atoms with van der Waals surface area (Å²) < 4.78 is 64.3. The molecule has 12 heteroatoms. The van der Waals surface area contributed by atoms with Crippen LogP contribution in [0.4, 0.5) is 17.6 Å². The molecule has 0 unspecified atom stereocenters. The molecule has 0 saturated carbocycles. The van der Waals surface area contributed by atoms with E-state index in [4.69, 9.17) is 9.47 Å². The van der Waals surface area contributed by atoms with Crippen molar-refractivity contribution in [3.05, 3.63) is 35.6 Å². The molecule has 1 aliphatic heterocycles. The number of rotatable bonds is 5. The number of nitrogens with one attached hydrogen (secondary N) is 1. The number of imidazole rings is 1. The van der Waals surface area contributed by atoms with Gasteiger partial charge in [0.25, 0.3) is 5.91 Å². The molecule has 3 aromatic rings. The molecule has 1 saturated heterocycles. The van der Waals surface area contributed by atoms with E-state index in [1.807, 2.05) is 5.32 Å². The van der Waals surface area contributed by atoms with Crippen LogP contribution in [-0.4, -0.2) is 58.7 Å². The van der Waals surface area contributed by atoms with Crippen molar-refractivity contribution in [3.63, 3.8) is 0 Å². The summed E-state index contributed by atoms with van der Waals surface area (Å²) in [5.74, 6) is -4.02. The molecule has 0 bridgehead atoms. The lowest BCUT2D eigenvalue weighted by Crippen LogP contribution is -2.49. The third-order valence-electron chi connectivity index (χ3n) is 5.37. The minimum Gasteiger partial charge on any atom is -0.502 e. The summed E-state index contributed by atoms with van der Waals surface area (Å²) in [4.78, 5) is 16.7. The minimum atomic E-state index is -4.57. The lowest BCUT2D eigenvalue weighted by atomic mass is 9.98. The van der Waals surface area contributed by atoms with Gasteiger partial charge >= 0.3 is 6.18 Å². The first-order valence-corrected chi connectivity index (χ1v) is 9.69. The molecule has 1 amide bonds. The van der Waals surface area contributed by atoms with E-state index in [1.165, 1.54) is 31.4 Å². The number of carbonyl (C=O) groups is 1. The maximum absolute atomic E-state index is 15.0. The SMILES string of the molecule is COc1cc(-c2nc3ccc(C(=O)NCC(F)(F)F)cc3n2C2(C)COC2)c(F)c(O)c1O. The second kappa shape index (κ2) is 7.80. The van der Waals surface area contributed by atoms with Gasteiger partial charge < -0.3 is 29.6 Å². The largest absolute Gasteiger partial charge is 0.502 e. The molecule has 1 aliphatic rings. The number of methoxy groups -OCH3 is 1. The van der Waals surface area contributed by atoms with Crippen LogP contribution in [0.1, 0.15) is 17.3 Å². The van der Waals surface area contributed by atoms with E-state index in [0.29, 0.717) is 11.0 Å².